The first kappa shape index (κ1) is 11.5. The van der Waals surface area contributed by atoms with E-state index in [4.69, 9.17) is 4.74 Å². The van der Waals surface area contributed by atoms with Gasteiger partial charge in [0.15, 0.2) is 6.29 Å². The van der Waals surface area contributed by atoms with Gasteiger partial charge in [-0.15, -0.1) is 0 Å². The van der Waals surface area contributed by atoms with Crippen LogP contribution < -0.4 is 4.74 Å². The van der Waals surface area contributed by atoms with Gasteiger partial charge in [-0.1, -0.05) is 0 Å². The Kier molecular flexibility index (Phi) is 3.92. The van der Waals surface area contributed by atoms with Crippen molar-refractivity contribution in [3.63, 3.8) is 0 Å². The molecule has 0 aliphatic carbocycles. The molecule has 14 heavy (non-hydrogen) atoms. The number of benzene rings is 1. The molecule has 3 heteroatoms. The predicted molar refractivity (Wildman–Crippen MR) is 65.0 cm³/mol. The molecule has 1 aromatic carbocycles. The third-order valence-corrected chi connectivity index (χ3v) is 2.72. The molecule has 0 bridgehead atoms. The largest absolute Gasteiger partial charge is 0.491 e. The maximum absolute atomic E-state index is 10.7. The van der Waals surface area contributed by atoms with Crippen molar-refractivity contribution in [3.05, 3.63) is 26.8 Å². The van der Waals surface area contributed by atoms with Crippen LogP contribution in [0.5, 0.6) is 5.75 Å². The summed E-state index contributed by atoms with van der Waals surface area (Å²) < 4.78 is 6.54. The van der Waals surface area contributed by atoms with Crippen molar-refractivity contribution in [2.75, 3.05) is 0 Å². The van der Waals surface area contributed by atoms with Gasteiger partial charge >= 0.3 is 0 Å². The Morgan fingerprint density at radius 3 is 2.57 bits per heavy atom. The van der Waals surface area contributed by atoms with Crippen molar-refractivity contribution in [2.45, 2.75) is 26.9 Å². The average molecular weight is 304 g/mol. The number of carbonyl (C=O) groups is 1. The Balaban J connectivity index is 3.10. The van der Waals surface area contributed by atoms with E-state index in [1.165, 1.54) is 0 Å². The van der Waals surface area contributed by atoms with E-state index in [1.54, 1.807) is 6.07 Å². The van der Waals surface area contributed by atoms with Crippen molar-refractivity contribution < 1.29 is 9.53 Å². The fourth-order valence-corrected chi connectivity index (χ4v) is 1.89. The normalized spacial score (nSPS) is 10.4. The van der Waals surface area contributed by atoms with Gasteiger partial charge in [-0.3, -0.25) is 4.79 Å². The molecule has 0 radical (unpaired) electrons. The topological polar surface area (TPSA) is 26.3 Å². The van der Waals surface area contributed by atoms with E-state index in [1.807, 2.05) is 26.8 Å². The third-order valence-electron chi connectivity index (χ3n) is 1.78. The molecule has 0 saturated carbocycles. The minimum absolute atomic E-state index is 0.133. The molecule has 1 aromatic rings. The lowest BCUT2D eigenvalue weighted by molar-refractivity contribution is 0.112. The SMILES string of the molecule is Cc1cc(I)c(C=O)cc1OC(C)C. The van der Waals surface area contributed by atoms with Crippen molar-refractivity contribution in [1.82, 2.24) is 0 Å². The van der Waals surface area contributed by atoms with Crippen LogP contribution in [0.15, 0.2) is 12.1 Å². The standard InChI is InChI=1S/C11H13IO2/c1-7(2)14-11-5-9(6-13)10(12)4-8(11)3/h4-7H,1-3H3. The molecular formula is C11H13IO2. The maximum Gasteiger partial charge on any atom is 0.151 e. The molecular weight excluding hydrogens is 291 g/mol. The number of hydrogen-bond acceptors (Lipinski definition) is 2. The summed E-state index contributed by atoms with van der Waals surface area (Å²) >= 11 is 2.15. The van der Waals surface area contributed by atoms with E-state index in [0.29, 0.717) is 5.56 Å². The second-order valence-corrected chi connectivity index (χ2v) is 4.59. The molecule has 0 unspecified atom stereocenters. The Morgan fingerprint density at radius 1 is 1.43 bits per heavy atom. The number of carbonyl (C=O) groups excluding carboxylic acids is 1. The smallest absolute Gasteiger partial charge is 0.151 e. The molecule has 0 fully saturated rings. The second kappa shape index (κ2) is 4.77. The van der Waals surface area contributed by atoms with E-state index in [0.717, 1.165) is 21.2 Å². The second-order valence-electron chi connectivity index (χ2n) is 3.42. The van der Waals surface area contributed by atoms with E-state index < -0.39 is 0 Å². The van der Waals surface area contributed by atoms with Crippen LogP contribution in [-0.4, -0.2) is 12.4 Å². The van der Waals surface area contributed by atoms with Gasteiger partial charge in [-0.2, -0.15) is 0 Å². The van der Waals surface area contributed by atoms with Crippen LogP contribution in [0, 0.1) is 10.5 Å². The van der Waals surface area contributed by atoms with Crippen LogP contribution in [0.3, 0.4) is 0 Å². The van der Waals surface area contributed by atoms with Gasteiger partial charge in [0.25, 0.3) is 0 Å². The lowest BCUT2D eigenvalue weighted by atomic mass is 10.1. The van der Waals surface area contributed by atoms with Gasteiger partial charge in [-0.25, -0.2) is 0 Å². The molecule has 2 nitrogen and oxygen atoms in total. The summed E-state index contributed by atoms with van der Waals surface area (Å²) in [7, 11) is 0. The summed E-state index contributed by atoms with van der Waals surface area (Å²) in [5.41, 5.74) is 1.75. The van der Waals surface area contributed by atoms with Crippen LogP contribution in [0.4, 0.5) is 0 Å². The lowest BCUT2D eigenvalue weighted by Crippen LogP contribution is -2.07. The Hall–Kier alpha value is -0.580. The summed E-state index contributed by atoms with van der Waals surface area (Å²) in [6.07, 6.45) is 0.988. The lowest BCUT2D eigenvalue weighted by Gasteiger charge is -2.13. The molecule has 0 atom stereocenters. The highest BCUT2D eigenvalue weighted by molar-refractivity contribution is 14.1. The molecule has 0 aliphatic rings. The molecule has 76 valence electrons. The summed E-state index contributed by atoms with van der Waals surface area (Å²) in [6, 6.07) is 3.76. The zero-order valence-corrected chi connectivity index (χ0v) is 10.7. The van der Waals surface area contributed by atoms with Crippen molar-refractivity contribution >= 4 is 28.9 Å². The number of ether oxygens (including phenoxy) is 1. The Morgan fingerprint density at radius 2 is 2.07 bits per heavy atom. The van der Waals surface area contributed by atoms with E-state index >= 15 is 0 Å². The van der Waals surface area contributed by atoms with Crippen LogP contribution in [0.1, 0.15) is 29.8 Å². The first-order valence-corrected chi connectivity index (χ1v) is 5.54. The highest BCUT2D eigenvalue weighted by Crippen LogP contribution is 2.24. The zero-order chi connectivity index (χ0) is 10.7. The molecule has 0 aliphatic heterocycles. The summed E-state index contributed by atoms with van der Waals surface area (Å²) in [4.78, 5) is 10.7. The van der Waals surface area contributed by atoms with Gasteiger partial charge in [0.05, 0.1) is 6.10 Å². The van der Waals surface area contributed by atoms with E-state index in [2.05, 4.69) is 22.6 Å². The summed E-state index contributed by atoms with van der Waals surface area (Å²) in [6.45, 7) is 5.92. The maximum atomic E-state index is 10.7. The Bertz CT molecular complexity index is 345. The third kappa shape index (κ3) is 2.70. The van der Waals surface area contributed by atoms with Crippen LogP contribution in [0.25, 0.3) is 0 Å². The van der Waals surface area contributed by atoms with E-state index in [9.17, 15) is 4.79 Å². The van der Waals surface area contributed by atoms with Crippen LogP contribution in [0.2, 0.25) is 0 Å². The highest BCUT2D eigenvalue weighted by Gasteiger charge is 2.07. The fourth-order valence-electron chi connectivity index (χ4n) is 1.14. The van der Waals surface area contributed by atoms with Gasteiger partial charge in [0.2, 0.25) is 0 Å². The van der Waals surface area contributed by atoms with Crippen LogP contribution in [-0.2, 0) is 0 Å². The number of rotatable bonds is 3. The number of halogens is 1. The molecule has 0 N–H and O–H groups in total. The van der Waals surface area contributed by atoms with E-state index in [-0.39, 0.29) is 6.10 Å². The first-order chi connectivity index (χ1) is 6.54. The molecule has 0 aromatic heterocycles. The molecule has 0 heterocycles. The highest BCUT2D eigenvalue weighted by atomic mass is 127. The molecule has 1 rings (SSSR count). The van der Waals surface area contributed by atoms with Gasteiger partial charge < -0.3 is 4.74 Å². The Labute approximate surface area is 97.8 Å². The van der Waals surface area contributed by atoms with Gasteiger partial charge in [0, 0.05) is 9.13 Å². The minimum atomic E-state index is 0.133. The van der Waals surface area contributed by atoms with Gasteiger partial charge in [0.1, 0.15) is 5.75 Å². The number of hydrogen-bond donors (Lipinski definition) is 0. The van der Waals surface area contributed by atoms with Crippen molar-refractivity contribution in [1.29, 1.82) is 0 Å². The zero-order valence-electron chi connectivity index (χ0n) is 8.50. The quantitative estimate of drug-likeness (QED) is 0.633. The summed E-state index contributed by atoms with van der Waals surface area (Å²) in [5.74, 6) is 0.794. The minimum Gasteiger partial charge on any atom is -0.491 e. The molecule has 0 spiro atoms. The van der Waals surface area contributed by atoms with Crippen molar-refractivity contribution in [3.8, 4) is 5.75 Å². The first-order valence-electron chi connectivity index (χ1n) is 4.46. The number of aryl methyl sites for hydroxylation is 1. The molecule has 0 saturated heterocycles. The van der Waals surface area contributed by atoms with Gasteiger partial charge in [-0.05, 0) is 61.1 Å². The fraction of sp³-hybridized carbons (Fsp3) is 0.364. The average Bonchev–Trinajstić information content (AvgIpc) is 2.09. The monoisotopic (exact) mass is 304 g/mol. The number of aldehydes is 1. The predicted octanol–water partition coefficient (Wildman–Crippen LogP) is 3.20. The molecule has 0 amide bonds. The van der Waals surface area contributed by atoms with Crippen LogP contribution >= 0.6 is 22.6 Å². The summed E-state index contributed by atoms with van der Waals surface area (Å²) in [5, 5.41) is 0. The van der Waals surface area contributed by atoms with Crippen molar-refractivity contribution in [2.24, 2.45) is 0 Å².